The second-order valence-corrected chi connectivity index (χ2v) is 20.4. The van der Waals surface area contributed by atoms with Crippen LogP contribution in [-0.2, 0) is 10.8 Å². The zero-order valence-electron chi connectivity index (χ0n) is 39.4. The first-order valence-electron chi connectivity index (χ1n) is 24.0. The molecule has 9 aromatic carbocycles. The van der Waals surface area contributed by atoms with Crippen molar-refractivity contribution in [3.05, 3.63) is 217 Å². The molecular formula is C64H52N4. The Morgan fingerprint density at radius 3 is 1.43 bits per heavy atom. The van der Waals surface area contributed by atoms with Crippen LogP contribution in [0, 0.1) is 5.41 Å². The summed E-state index contributed by atoms with van der Waals surface area (Å²) in [4.78, 5) is 5.16. The smallest absolute Gasteiger partial charge is 0.145 e. The van der Waals surface area contributed by atoms with E-state index in [0.29, 0.717) is 0 Å². The molecule has 68 heavy (non-hydrogen) atoms. The van der Waals surface area contributed by atoms with Crippen molar-refractivity contribution in [2.24, 2.45) is 5.41 Å². The lowest BCUT2D eigenvalue weighted by molar-refractivity contribution is 0.125. The minimum atomic E-state index is -0.0885. The van der Waals surface area contributed by atoms with Gasteiger partial charge in [0.05, 0.1) is 38.8 Å². The Labute approximate surface area is 397 Å². The van der Waals surface area contributed by atoms with Crippen LogP contribution in [0.3, 0.4) is 0 Å². The average Bonchev–Trinajstić information content (AvgIpc) is 4.06. The Bertz CT molecular complexity index is 3950. The van der Waals surface area contributed by atoms with E-state index in [1.807, 2.05) is 0 Å². The molecule has 4 nitrogen and oxygen atoms in total. The van der Waals surface area contributed by atoms with Gasteiger partial charge in [-0.05, 0) is 117 Å². The molecular weight excluding hydrogens is 825 g/mol. The second kappa shape index (κ2) is 14.5. The van der Waals surface area contributed by atoms with Gasteiger partial charge in [0.25, 0.3) is 0 Å². The molecule has 4 heteroatoms. The normalized spacial score (nSPS) is 15.0. The highest BCUT2D eigenvalue weighted by Gasteiger charge is 2.57. The standard InChI is InChI=1S/C64H52N4/c1-62(2)50-39-49(43-31-35-46(36-32-43)67-55-28-18-15-25-52(55)65-61(67)44-21-11-8-12-22-44)58(40-51(50)63(3,4)64(62,5)6)68-54-27-17-14-24-48(54)60-57(68)38-37-56-59(60)47-23-13-16-26-53(47)66(56)45-33-29-42(30-34-45)41-19-9-7-10-20-41/h7-40H,1-6H3. The van der Waals surface area contributed by atoms with Crippen LogP contribution >= 0.6 is 0 Å². The largest absolute Gasteiger partial charge is 0.309 e. The number of para-hydroxylation sites is 4. The van der Waals surface area contributed by atoms with Crippen molar-refractivity contribution in [2.75, 3.05) is 0 Å². The van der Waals surface area contributed by atoms with E-state index in [1.165, 1.54) is 82.7 Å². The first-order chi connectivity index (χ1) is 33.0. The maximum Gasteiger partial charge on any atom is 0.145 e. The van der Waals surface area contributed by atoms with Crippen LogP contribution in [0.1, 0.15) is 52.7 Å². The van der Waals surface area contributed by atoms with E-state index in [2.05, 4.69) is 262 Å². The summed E-state index contributed by atoms with van der Waals surface area (Å²) in [5.74, 6) is 0.936. The molecule has 0 fully saturated rings. The number of nitrogens with zero attached hydrogens (tertiary/aromatic N) is 4. The van der Waals surface area contributed by atoms with Gasteiger partial charge in [0, 0.05) is 44.0 Å². The molecule has 0 radical (unpaired) electrons. The lowest BCUT2D eigenvalue weighted by atomic mass is 9.59. The van der Waals surface area contributed by atoms with Crippen LogP contribution < -0.4 is 0 Å². The van der Waals surface area contributed by atoms with Crippen molar-refractivity contribution >= 4 is 54.6 Å². The Balaban J connectivity index is 1.06. The predicted molar refractivity (Wildman–Crippen MR) is 286 cm³/mol. The van der Waals surface area contributed by atoms with Crippen molar-refractivity contribution in [1.29, 1.82) is 0 Å². The lowest BCUT2D eigenvalue weighted by Gasteiger charge is -2.44. The van der Waals surface area contributed by atoms with E-state index in [1.54, 1.807) is 0 Å². The summed E-state index contributed by atoms with van der Waals surface area (Å²) in [6, 6.07) is 75.7. The fourth-order valence-corrected chi connectivity index (χ4v) is 11.8. The number of benzene rings is 9. The van der Waals surface area contributed by atoms with Gasteiger partial charge in [-0.1, -0.05) is 175 Å². The van der Waals surface area contributed by atoms with Gasteiger partial charge in [-0.3, -0.25) is 4.57 Å². The Morgan fingerprint density at radius 1 is 0.353 bits per heavy atom. The molecule has 3 heterocycles. The van der Waals surface area contributed by atoms with E-state index in [9.17, 15) is 0 Å². The van der Waals surface area contributed by atoms with Crippen LogP contribution in [0.25, 0.3) is 105 Å². The van der Waals surface area contributed by atoms with Gasteiger partial charge in [-0.2, -0.15) is 0 Å². The quantitative estimate of drug-likeness (QED) is 0.164. The van der Waals surface area contributed by atoms with Crippen molar-refractivity contribution in [1.82, 2.24) is 18.7 Å². The molecule has 0 amide bonds. The molecule has 1 aliphatic rings. The van der Waals surface area contributed by atoms with Crippen molar-refractivity contribution in [2.45, 2.75) is 52.4 Å². The van der Waals surface area contributed by atoms with E-state index in [-0.39, 0.29) is 16.2 Å². The molecule has 13 rings (SSSR count). The van der Waals surface area contributed by atoms with Gasteiger partial charge in [0.1, 0.15) is 5.82 Å². The van der Waals surface area contributed by atoms with Gasteiger partial charge in [0.2, 0.25) is 0 Å². The second-order valence-electron chi connectivity index (χ2n) is 20.4. The number of hydrogen-bond acceptors (Lipinski definition) is 1. The van der Waals surface area contributed by atoms with Crippen LogP contribution in [0.5, 0.6) is 0 Å². The molecule has 12 aromatic rings. The van der Waals surface area contributed by atoms with Crippen molar-refractivity contribution in [3.8, 4) is 50.7 Å². The van der Waals surface area contributed by atoms with Crippen molar-refractivity contribution in [3.63, 3.8) is 0 Å². The van der Waals surface area contributed by atoms with Crippen molar-refractivity contribution < 1.29 is 0 Å². The average molecular weight is 877 g/mol. The molecule has 0 atom stereocenters. The highest BCUT2D eigenvalue weighted by Crippen LogP contribution is 2.62. The molecule has 0 aliphatic heterocycles. The van der Waals surface area contributed by atoms with E-state index < -0.39 is 0 Å². The molecule has 0 unspecified atom stereocenters. The number of aromatic nitrogens is 4. The van der Waals surface area contributed by atoms with Gasteiger partial charge < -0.3 is 9.13 Å². The SMILES string of the molecule is CC1(C)c2cc(-c3ccc(-n4c(-c5ccccc5)nc5ccccc54)cc3)c(-n3c4ccccc4c4c5c6ccccc6n(-c6ccc(-c7ccccc7)cc6)c5ccc43)cc2C(C)(C)C1(C)C. The third-order valence-corrected chi connectivity index (χ3v) is 16.6. The molecule has 0 spiro atoms. The summed E-state index contributed by atoms with van der Waals surface area (Å²) in [5.41, 5.74) is 18.9. The number of fused-ring (bicyclic) bond motifs is 9. The topological polar surface area (TPSA) is 27.7 Å². The fraction of sp³-hybridized carbons (Fsp3) is 0.141. The zero-order chi connectivity index (χ0) is 46.1. The molecule has 328 valence electrons. The van der Waals surface area contributed by atoms with Crippen LogP contribution in [0.2, 0.25) is 0 Å². The van der Waals surface area contributed by atoms with Crippen LogP contribution in [-0.4, -0.2) is 18.7 Å². The summed E-state index contributed by atoms with van der Waals surface area (Å²) >= 11 is 0. The molecule has 0 N–H and O–H groups in total. The molecule has 0 saturated carbocycles. The van der Waals surface area contributed by atoms with E-state index in [0.717, 1.165) is 33.8 Å². The summed E-state index contributed by atoms with van der Waals surface area (Å²) in [6.45, 7) is 14.7. The van der Waals surface area contributed by atoms with Gasteiger partial charge in [-0.15, -0.1) is 0 Å². The minimum Gasteiger partial charge on any atom is -0.309 e. The fourth-order valence-electron chi connectivity index (χ4n) is 11.8. The number of rotatable bonds is 6. The Morgan fingerprint density at radius 2 is 0.809 bits per heavy atom. The predicted octanol–water partition coefficient (Wildman–Crippen LogP) is 16.8. The lowest BCUT2D eigenvalue weighted by Crippen LogP contribution is -2.42. The first kappa shape index (κ1) is 40.3. The van der Waals surface area contributed by atoms with Gasteiger partial charge >= 0.3 is 0 Å². The third kappa shape index (κ3) is 5.58. The molecule has 0 saturated heterocycles. The summed E-state index contributed by atoms with van der Waals surface area (Å²) in [5, 5.41) is 5.05. The van der Waals surface area contributed by atoms with Crippen LogP contribution in [0.15, 0.2) is 206 Å². The number of hydrogen-bond donors (Lipinski definition) is 0. The summed E-state index contributed by atoms with van der Waals surface area (Å²) < 4.78 is 7.32. The van der Waals surface area contributed by atoms with Gasteiger partial charge in [-0.25, -0.2) is 4.98 Å². The van der Waals surface area contributed by atoms with E-state index >= 15 is 0 Å². The summed E-state index contributed by atoms with van der Waals surface area (Å²) in [7, 11) is 0. The Kier molecular flexibility index (Phi) is 8.62. The monoisotopic (exact) mass is 876 g/mol. The summed E-state index contributed by atoms with van der Waals surface area (Å²) in [6.07, 6.45) is 0. The Hall–Kier alpha value is -7.95. The highest BCUT2D eigenvalue weighted by atomic mass is 15.1. The first-order valence-corrected chi connectivity index (χ1v) is 24.0. The van der Waals surface area contributed by atoms with E-state index in [4.69, 9.17) is 4.98 Å². The maximum atomic E-state index is 5.16. The minimum absolute atomic E-state index is 0.00742. The molecule has 0 bridgehead atoms. The highest BCUT2D eigenvalue weighted by molar-refractivity contribution is 6.29. The number of imidazole rings is 1. The van der Waals surface area contributed by atoms with Crippen LogP contribution in [0.4, 0.5) is 0 Å². The molecule has 1 aliphatic carbocycles. The third-order valence-electron chi connectivity index (χ3n) is 16.6. The van der Waals surface area contributed by atoms with Gasteiger partial charge in [0.15, 0.2) is 0 Å². The maximum absolute atomic E-state index is 5.16. The zero-order valence-corrected chi connectivity index (χ0v) is 39.4. The molecule has 3 aromatic heterocycles.